The summed E-state index contributed by atoms with van der Waals surface area (Å²) in [7, 11) is 4.52. The highest BCUT2D eigenvalue weighted by Gasteiger charge is 2.21. The Hall–Kier alpha value is -1.41. The van der Waals surface area contributed by atoms with Gasteiger partial charge in [0.15, 0.2) is 0 Å². The van der Waals surface area contributed by atoms with E-state index < -0.39 is 0 Å². The van der Waals surface area contributed by atoms with E-state index in [4.69, 9.17) is 4.74 Å². The Labute approximate surface area is 236 Å². The minimum atomic E-state index is -0.0775. The lowest BCUT2D eigenvalue weighted by molar-refractivity contribution is -0.890. The number of pyridine rings is 1. The van der Waals surface area contributed by atoms with E-state index in [0.717, 1.165) is 29.7 Å². The first-order chi connectivity index (χ1) is 15.9. The maximum Gasteiger partial charge on any atom is 0.305 e. The highest BCUT2D eigenvalue weighted by atomic mass is 79.9. The van der Waals surface area contributed by atoms with Crippen LogP contribution in [0.2, 0.25) is 0 Å². The summed E-state index contributed by atoms with van der Waals surface area (Å²) in [6.07, 6.45) is 3.75. The molecule has 3 rings (SSSR count). The van der Waals surface area contributed by atoms with Crippen molar-refractivity contribution in [3.8, 4) is 5.69 Å². The Kier molecular flexibility index (Phi) is 14.1. The van der Waals surface area contributed by atoms with Gasteiger partial charge in [-0.25, -0.2) is 0 Å². The average molecular weight is 626 g/mol. The molecule has 7 heteroatoms. The molecular weight excluding hydrogens is 588 g/mol. The number of quaternary nitrogens is 1. The Morgan fingerprint density at radius 3 is 2.31 bits per heavy atom. The first-order valence-corrected chi connectivity index (χ1v) is 13.0. The summed E-state index contributed by atoms with van der Waals surface area (Å²) in [6, 6.07) is 21.6. The number of halogens is 2. The molecule has 0 radical (unpaired) electrons. The number of carbonyl (C=O) groups is 1. The van der Waals surface area contributed by atoms with Gasteiger partial charge in [-0.15, -0.1) is 4.57 Å². The van der Waals surface area contributed by atoms with Crippen molar-refractivity contribution in [1.82, 2.24) is 0 Å². The first-order valence-electron chi connectivity index (χ1n) is 12.0. The number of aryl methyl sites for hydroxylation is 1. The van der Waals surface area contributed by atoms with Crippen molar-refractivity contribution < 1.29 is 52.5 Å². The largest absolute Gasteiger partial charge is 1.00 e. The highest BCUT2D eigenvalue weighted by Crippen LogP contribution is 2.25. The van der Waals surface area contributed by atoms with E-state index in [1.54, 1.807) is 0 Å². The Morgan fingerprint density at radius 2 is 1.60 bits per heavy atom. The van der Waals surface area contributed by atoms with Crippen LogP contribution in [0.4, 0.5) is 0 Å². The SMILES string of the molecule is CCOC(=O)CCC[N+](C)(C)CCCCSc1cc(C)c2ccccc2[n+]1-c1ccccc1.[Br-].[Br-]. The second-order valence-electron chi connectivity index (χ2n) is 9.20. The van der Waals surface area contributed by atoms with Crippen LogP contribution in [0.1, 0.15) is 38.2 Å². The Bertz CT molecular complexity index is 1060. The maximum atomic E-state index is 11.6. The molecule has 0 aliphatic heterocycles. The van der Waals surface area contributed by atoms with E-state index in [1.807, 2.05) is 18.7 Å². The fourth-order valence-corrected chi connectivity index (χ4v) is 5.36. The van der Waals surface area contributed by atoms with Crippen molar-refractivity contribution >= 4 is 28.6 Å². The molecule has 35 heavy (non-hydrogen) atoms. The van der Waals surface area contributed by atoms with E-state index in [0.29, 0.717) is 13.0 Å². The summed E-state index contributed by atoms with van der Waals surface area (Å²) >= 11 is 1.94. The lowest BCUT2D eigenvalue weighted by Crippen LogP contribution is -3.00. The van der Waals surface area contributed by atoms with Crippen LogP contribution in [-0.2, 0) is 9.53 Å². The number of esters is 1. The standard InChI is InChI=1S/C28H38N2O2S.2BrH/c1-5-32-28(31)18-13-20-30(3,4)19-11-12-21-33-27-22-23(2)25-16-9-10-17-26(25)29(27)24-14-7-6-8-15-24;;/h6-10,14-17,22H,5,11-13,18-21H2,1-4H3;2*1H/q+2;;/p-2. The summed E-state index contributed by atoms with van der Waals surface area (Å²) in [4.78, 5) is 11.6. The van der Waals surface area contributed by atoms with Crippen molar-refractivity contribution in [3.63, 3.8) is 0 Å². The van der Waals surface area contributed by atoms with Crippen molar-refractivity contribution in [2.45, 2.75) is 44.6 Å². The predicted octanol–water partition coefficient (Wildman–Crippen LogP) is -0.275. The van der Waals surface area contributed by atoms with Crippen molar-refractivity contribution in [2.24, 2.45) is 0 Å². The van der Waals surface area contributed by atoms with Gasteiger partial charge in [-0.3, -0.25) is 4.79 Å². The summed E-state index contributed by atoms with van der Waals surface area (Å²) in [6.45, 7) is 6.66. The fourth-order valence-electron chi connectivity index (χ4n) is 4.21. The zero-order valence-electron chi connectivity index (χ0n) is 21.3. The number of ether oxygens (including phenoxy) is 1. The van der Waals surface area contributed by atoms with Gasteiger partial charge < -0.3 is 43.2 Å². The van der Waals surface area contributed by atoms with Gasteiger partial charge in [-0.05, 0) is 38.3 Å². The molecule has 0 saturated heterocycles. The Balaban J connectivity index is 0.00000306. The van der Waals surface area contributed by atoms with E-state index in [9.17, 15) is 4.79 Å². The zero-order valence-corrected chi connectivity index (χ0v) is 25.3. The smallest absolute Gasteiger partial charge is 0.305 e. The minimum absolute atomic E-state index is 0. The van der Waals surface area contributed by atoms with E-state index in [2.05, 4.69) is 86.2 Å². The molecule has 4 nitrogen and oxygen atoms in total. The molecule has 192 valence electrons. The van der Waals surface area contributed by atoms with Crippen LogP contribution in [0, 0.1) is 6.92 Å². The molecule has 2 aromatic carbocycles. The van der Waals surface area contributed by atoms with Crippen LogP contribution >= 0.6 is 11.8 Å². The highest BCUT2D eigenvalue weighted by molar-refractivity contribution is 7.99. The molecule has 0 saturated carbocycles. The quantitative estimate of drug-likeness (QED) is 0.0913. The van der Waals surface area contributed by atoms with Crippen LogP contribution in [0.5, 0.6) is 0 Å². The predicted molar refractivity (Wildman–Crippen MR) is 138 cm³/mol. The van der Waals surface area contributed by atoms with Crippen LogP contribution in [0.3, 0.4) is 0 Å². The topological polar surface area (TPSA) is 30.2 Å². The van der Waals surface area contributed by atoms with Crippen molar-refractivity contribution in [3.05, 3.63) is 66.2 Å². The second kappa shape index (κ2) is 15.6. The average Bonchev–Trinajstić information content (AvgIpc) is 2.79. The van der Waals surface area contributed by atoms with Gasteiger partial charge in [0, 0.05) is 41.8 Å². The van der Waals surface area contributed by atoms with Crippen LogP contribution in [0.15, 0.2) is 65.7 Å². The summed E-state index contributed by atoms with van der Waals surface area (Å²) in [5.41, 5.74) is 3.78. The molecule has 1 aromatic heterocycles. The van der Waals surface area contributed by atoms with Gasteiger partial charge in [-0.2, -0.15) is 0 Å². The van der Waals surface area contributed by atoms with Crippen LogP contribution in [0.25, 0.3) is 16.6 Å². The number of nitrogens with zero attached hydrogens (tertiary/aromatic N) is 2. The number of fused-ring (bicyclic) bond motifs is 1. The van der Waals surface area contributed by atoms with Gasteiger partial charge in [0.1, 0.15) is 0 Å². The number of benzene rings is 2. The molecular formula is C28H38Br2N2O2S. The molecule has 0 N–H and O–H groups in total. The fraction of sp³-hybridized carbons (Fsp3) is 0.429. The van der Waals surface area contributed by atoms with Crippen molar-refractivity contribution in [2.75, 3.05) is 39.5 Å². The molecule has 0 spiro atoms. The lowest BCUT2D eigenvalue weighted by atomic mass is 10.1. The number of para-hydroxylation sites is 2. The second-order valence-corrected chi connectivity index (χ2v) is 10.3. The third-order valence-corrected chi connectivity index (χ3v) is 7.09. The van der Waals surface area contributed by atoms with E-state index >= 15 is 0 Å². The molecule has 0 aliphatic carbocycles. The molecule has 0 unspecified atom stereocenters. The number of carbonyl (C=O) groups excluding carboxylic acids is 1. The maximum absolute atomic E-state index is 11.6. The number of aromatic nitrogens is 1. The molecule has 3 aromatic rings. The lowest BCUT2D eigenvalue weighted by Gasteiger charge is -2.29. The summed E-state index contributed by atoms with van der Waals surface area (Å²) < 4.78 is 8.38. The minimum Gasteiger partial charge on any atom is -1.00 e. The van der Waals surface area contributed by atoms with E-state index in [-0.39, 0.29) is 39.9 Å². The summed E-state index contributed by atoms with van der Waals surface area (Å²) in [5, 5.41) is 2.59. The van der Waals surface area contributed by atoms with Gasteiger partial charge in [0.2, 0.25) is 16.2 Å². The van der Waals surface area contributed by atoms with Gasteiger partial charge >= 0.3 is 5.97 Å². The third-order valence-electron chi connectivity index (χ3n) is 6.00. The number of thioether (sulfide) groups is 1. The molecule has 0 amide bonds. The third kappa shape index (κ3) is 9.52. The van der Waals surface area contributed by atoms with Gasteiger partial charge in [0.25, 0.3) is 0 Å². The molecule has 0 atom stereocenters. The first kappa shape index (κ1) is 31.6. The Morgan fingerprint density at radius 1 is 0.943 bits per heavy atom. The molecule has 0 aliphatic rings. The molecule has 0 fully saturated rings. The molecule has 0 bridgehead atoms. The van der Waals surface area contributed by atoms with Crippen LogP contribution in [-0.4, -0.2) is 50.0 Å². The summed E-state index contributed by atoms with van der Waals surface area (Å²) in [5.74, 6) is 1.01. The van der Waals surface area contributed by atoms with Gasteiger partial charge in [-0.1, -0.05) is 42.1 Å². The monoisotopic (exact) mass is 624 g/mol. The number of hydrogen-bond donors (Lipinski definition) is 0. The van der Waals surface area contributed by atoms with E-state index in [1.165, 1.54) is 40.0 Å². The van der Waals surface area contributed by atoms with Crippen molar-refractivity contribution in [1.29, 1.82) is 0 Å². The number of rotatable bonds is 12. The number of hydrogen-bond acceptors (Lipinski definition) is 3. The molecule has 1 heterocycles. The normalized spacial score (nSPS) is 11.0. The number of unbranched alkanes of at least 4 members (excludes halogenated alkanes) is 1. The zero-order chi connectivity index (χ0) is 23.7. The van der Waals surface area contributed by atoms with Crippen LogP contribution < -0.4 is 38.5 Å². The van der Waals surface area contributed by atoms with Gasteiger partial charge in [0.05, 0.1) is 40.2 Å².